The third kappa shape index (κ3) is 5.11. The van der Waals surface area contributed by atoms with Crippen molar-refractivity contribution >= 4 is 0 Å². The van der Waals surface area contributed by atoms with Gasteiger partial charge in [-0.1, -0.05) is 24.3 Å². The Hall–Kier alpha value is -2.87. The molecular weight excluding hydrogens is 641 g/mol. The van der Waals surface area contributed by atoms with E-state index in [1.165, 1.54) is 0 Å². The van der Waals surface area contributed by atoms with Crippen LogP contribution in [0.15, 0.2) is 60.9 Å². The number of aromatic nitrogens is 4. The van der Waals surface area contributed by atoms with Gasteiger partial charge in [-0.3, -0.25) is 9.97 Å². The summed E-state index contributed by atoms with van der Waals surface area (Å²) < 4.78 is 77.5. The molecule has 0 spiro atoms. The van der Waals surface area contributed by atoms with Gasteiger partial charge in [0.05, 0.1) is 11.4 Å². The Morgan fingerprint density at radius 1 is 0.647 bits per heavy atom. The van der Waals surface area contributed by atoms with E-state index in [1.807, 2.05) is 13.8 Å². The van der Waals surface area contributed by atoms with Gasteiger partial charge in [-0.25, -0.2) is 0 Å². The second-order valence-electron chi connectivity index (χ2n) is 7.92. The van der Waals surface area contributed by atoms with E-state index in [0.29, 0.717) is 11.4 Å². The summed E-state index contributed by atoms with van der Waals surface area (Å²) in [6.07, 6.45) is -7.51. The first kappa shape index (κ1) is 25.7. The van der Waals surface area contributed by atoms with E-state index in [2.05, 4.69) is 19.9 Å². The van der Waals surface area contributed by atoms with Crippen molar-refractivity contribution in [3.8, 4) is 22.8 Å². The minimum absolute atomic E-state index is 0. The number of rotatable bonds is 4. The molecule has 0 N–H and O–H groups in total. The van der Waals surface area contributed by atoms with Crippen molar-refractivity contribution in [3.63, 3.8) is 0 Å². The Bertz CT molecular complexity index is 1190. The molecule has 11 heteroatoms. The van der Waals surface area contributed by atoms with Crippen molar-refractivity contribution in [1.82, 2.24) is 19.9 Å². The molecule has 4 rings (SSSR count). The van der Waals surface area contributed by atoms with Gasteiger partial charge in [0.1, 0.15) is 0 Å². The quantitative estimate of drug-likeness (QED) is 0.250. The molecule has 0 radical (unpaired) electrons. The van der Waals surface area contributed by atoms with Crippen LogP contribution in [0.2, 0.25) is 0 Å². The van der Waals surface area contributed by atoms with Gasteiger partial charge < -0.3 is 9.97 Å². The predicted molar refractivity (Wildman–Crippen MR) is 108 cm³/mol. The fourth-order valence-corrected chi connectivity index (χ4v) is 3.29. The summed E-state index contributed by atoms with van der Waals surface area (Å²) in [7, 11) is 0. The van der Waals surface area contributed by atoms with Crippen LogP contribution in [0.4, 0.5) is 26.3 Å². The first-order valence-corrected chi connectivity index (χ1v) is 9.71. The summed E-state index contributed by atoms with van der Waals surface area (Å²) in [6, 6.07) is 11.7. The largest absolute Gasteiger partial charge is 2.00 e. The van der Waals surface area contributed by atoms with Gasteiger partial charge in [0, 0.05) is 27.9 Å². The molecule has 0 atom stereocenters. The van der Waals surface area contributed by atoms with Crippen LogP contribution in [-0.2, 0) is 38.8 Å². The zero-order chi connectivity index (χ0) is 24.0. The Kier molecular flexibility index (Phi) is 6.86. The van der Waals surface area contributed by atoms with E-state index in [1.54, 1.807) is 36.4 Å². The third-order valence-corrected chi connectivity index (χ3v) is 5.23. The molecule has 0 unspecified atom stereocenters. The maximum atomic E-state index is 12.9. The molecule has 0 amide bonds. The molecule has 0 fully saturated rings. The van der Waals surface area contributed by atoms with Gasteiger partial charge in [0.25, 0.3) is 0 Å². The van der Waals surface area contributed by atoms with Crippen LogP contribution in [0.3, 0.4) is 0 Å². The molecule has 0 saturated heterocycles. The first-order valence-electron chi connectivity index (χ1n) is 9.71. The molecule has 4 aromatic rings. The van der Waals surface area contributed by atoms with Gasteiger partial charge in [-0.2, -0.15) is 38.7 Å². The summed E-state index contributed by atoms with van der Waals surface area (Å²) in [6.45, 7) is 3.62. The van der Waals surface area contributed by atoms with Crippen molar-refractivity contribution in [3.05, 3.63) is 83.4 Å². The summed E-state index contributed by atoms with van der Waals surface area (Å²) in [5.41, 5.74) is -0.827. The number of hydrogen-bond donors (Lipinski definition) is 0. The normalized spacial score (nSPS) is 12.5. The van der Waals surface area contributed by atoms with Crippen LogP contribution in [0.1, 0.15) is 36.4 Å². The average molecular weight is 657 g/mol. The maximum Gasteiger partial charge on any atom is 2.00 e. The van der Waals surface area contributed by atoms with Crippen molar-refractivity contribution in [2.24, 2.45) is 0 Å². The minimum atomic E-state index is -4.51. The van der Waals surface area contributed by atoms with Gasteiger partial charge in [-0.05, 0) is 38.1 Å². The predicted octanol–water partition coefficient (Wildman–Crippen LogP) is 6.09. The van der Waals surface area contributed by atoms with Gasteiger partial charge in [0.2, 0.25) is 0 Å². The zero-order valence-corrected chi connectivity index (χ0v) is 19.9. The summed E-state index contributed by atoms with van der Waals surface area (Å²) in [4.78, 5) is 16.6. The number of pyridine rings is 2. The van der Waals surface area contributed by atoms with Crippen molar-refractivity contribution in [2.75, 3.05) is 0 Å². The molecule has 0 aliphatic carbocycles. The third-order valence-electron chi connectivity index (χ3n) is 5.23. The second-order valence-corrected chi connectivity index (χ2v) is 7.92. The summed E-state index contributed by atoms with van der Waals surface area (Å²) in [5.74, 6) is 0. The molecule has 0 aromatic carbocycles. The summed E-state index contributed by atoms with van der Waals surface area (Å²) >= 11 is 0. The van der Waals surface area contributed by atoms with Crippen molar-refractivity contribution < 1.29 is 47.4 Å². The van der Waals surface area contributed by atoms with Crippen LogP contribution in [0.25, 0.3) is 22.8 Å². The van der Waals surface area contributed by atoms with E-state index < -0.39 is 28.9 Å². The molecule has 0 bridgehead atoms. The van der Waals surface area contributed by atoms with Crippen molar-refractivity contribution in [2.45, 2.75) is 31.6 Å². The molecular formula is C23H16F6N4Pt. The standard InChI is InChI=1S/C23H16F6N4.Pt/c1-21(2,19-7-3-5-15(32-19)17-9-13(11-30-17)22(24,25)26)20-8-4-6-16(33-20)18-10-14(12-31-18)23(27,28)29;/h3-12H,1-2H3;/q-2;+2. The van der Waals surface area contributed by atoms with Gasteiger partial charge >= 0.3 is 33.4 Å². The smallest absolute Gasteiger partial charge is 0.662 e. The summed E-state index contributed by atoms with van der Waals surface area (Å²) in [5, 5.41) is 0. The van der Waals surface area contributed by atoms with Crippen LogP contribution in [0, 0.1) is 0 Å². The van der Waals surface area contributed by atoms with Gasteiger partial charge in [0.15, 0.2) is 0 Å². The monoisotopic (exact) mass is 657 g/mol. The number of hydrogen-bond acceptors (Lipinski definition) is 2. The topological polar surface area (TPSA) is 54.0 Å². The second kappa shape index (κ2) is 9.06. The fraction of sp³-hybridized carbons (Fsp3) is 0.217. The van der Waals surface area contributed by atoms with Crippen LogP contribution in [0.5, 0.6) is 0 Å². The molecule has 0 aliphatic rings. The molecule has 180 valence electrons. The fourth-order valence-electron chi connectivity index (χ4n) is 3.29. The molecule has 0 aliphatic heterocycles. The van der Waals surface area contributed by atoms with Crippen LogP contribution < -0.4 is 9.97 Å². The number of halogens is 6. The number of nitrogens with zero attached hydrogens (tertiary/aromatic N) is 4. The Morgan fingerprint density at radius 3 is 1.35 bits per heavy atom. The van der Waals surface area contributed by atoms with Gasteiger partial charge in [-0.15, -0.1) is 11.4 Å². The Balaban J connectivity index is 0.00000324. The molecule has 4 aromatic heterocycles. The van der Waals surface area contributed by atoms with Crippen LogP contribution >= 0.6 is 0 Å². The molecule has 4 heterocycles. The number of alkyl halides is 6. The van der Waals surface area contributed by atoms with E-state index in [4.69, 9.17) is 0 Å². The molecule has 34 heavy (non-hydrogen) atoms. The Morgan fingerprint density at radius 2 is 1.03 bits per heavy atom. The molecule has 4 nitrogen and oxygen atoms in total. The average Bonchev–Trinajstić information content (AvgIpc) is 3.44. The first-order chi connectivity index (χ1) is 15.4. The minimum Gasteiger partial charge on any atom is -0.662 e. The zero-order valence-electron chi connectivity index (χ0n) is 17.6. The van der Waals surface area contributed by atoms with E-state index >= 15 is 0 Å². The van der Waals surface area contributed by atoms with E-state index in [9.17, 15) is 26.3 Å². The Labute approximate surface area is 205 Å². The van der Waals surface area contributed by atoms with Crippen LogP contribution in [-0.4, -0.2) is 9.97 Å². The van der Waals surface area contributed by atoms with Crippen molar-refractivity contribution in [1.29, 1.82) is 0 Å². The SMILES string of the molecule is CC(C)(c1cccc(-c2cc(C(F)(F)F)c[n-]2)n1)c1cccc(-c2cc(C(F)(F)F)c[n-]2)n1.[Pt+2]. The molecule has 0 saturated carbocycles. The maximum absolute atomic E-state index is 12.9. The van der Waals surface area contributed by atoms with E-state index in [-0.39, 0.29) is 43.8 Å². The van der Waals surface area contributed by atoms with E-state index in [0.717, 1.165) is 24.5 Å².